The first-order chi connectivity index (χ1) is 8.58. The van der Waals surface area contributed by atoms with Crippen LogP contribution in [0, 0.1) is 0 Å². The van der Waals surface area contributed by atoms with Crippen molar-refractivity contribution in [1.29, 1.82) is 0 Å². The number of hydrogen-bond donors (Lipinski definition) is 2. The Balaban J connectivity index is 2.08. The molecule has 0 aromatic heterocycles. The fourth-order valence-corrected chi connectivity index (χ4v) is 2.49. The van der Waals surface area contributed by atoms with E-state index in [4.69, 9.17) is 22.1 Å². The lowest BCUT2D eigenvalue weighted by Gasteiger charge is -2.38. The van der Waals surface area contributed by atoms with Crippen LogP contribution >= 0.6 is 11.6 Å². The zero-order chi connectivity index (χ0) is 13.2. The number of nitrogens with zero attached hydrogens (tertiary/aromatic N) is 1. The predicted octanol–water partition coefficient (Wildman–Crippen LogP) is 1.64. The van der Waals surface area contributed by atoms with Gasteiger partial charge >= 0.3 is 0 Å². The quantitative estimate of drug-likeness (QED) is 0.877. The first-order valence-electron chi connectivity index (χ1n) is 6.09. The molecule has 0 amide bonds. The largest absolute Gasteiger partial charge is 0.495 e. The lowest BCUT2D eigenvalue weighted by Crippen LogP contribution is -2.48. The second-order valence-electron chi connectivity index (χ2n) is 4.73. The highest BCUT2D eigenvalue weighted by atomic mass is 35.5. The summed E-state index contributed by atoms with van der Waals surface area (Å²) in [5.74, 6) is 0.677. The van der Waals surface area contributed by atoms with Gasteiger partial charge in [-0.1, -0.05) is 11.6 Å². The molecule has 3 N–H and O–H groups in total. The molecule has 1 heterocycles. The van der Waals surface area contributed by atoms with Gasteiger partial charge in [-0.05, 0) is 31.0 Å². The summed E-state index contributed by atoms with van der Waals surface area (Å²) in [6.07, 6.45) is 1.38. The zero-order valence-electron chi connectivity index (χ0n) is 10.5. The van der Waals surface area contributed by atoms with Crippen molar-refractivity contribution in [2.75, 3.05) is 31.6 Å². The maximum atomic E-state index is 10.1. The molecule has 2 rings (SSSR count). The van der Waals surface area contributed by atoms with E-state index in [0.717, 1.165) is 18.8 Å². The highest BCUT2D eigenvalue weighted by molar-refractivity contribution is 6.32. The van der Waals surface area contributed by atoms with Crippen LogP contribution in [0.5, 0.6) is 5.75 Å². The van der Waals surface area contributed by atoms with Crippen LogP contribution in [0.25, 0.3) is 0 Å². The molecule has 0 saturated carbocycles. The van der Waals surface area contributed by atoms with Gasteiger partial charge in [0.15, 0.2) is 0 Å². The van der Waals surface area contributed by atoms with Gasteiger partial charge in [-0.25, -0.2) is 0 Å². The maximum absolute atomic E-state index is 10.1. The smallest absolute Gasteiger partial charge is 0.137 e. The second-order valence-corrected chi connectivity index (χ2v) is 5.14. The van der Waals surface area contributed by atoms with E-state index in [0.29, 0.717) is 30.2 Å². The minimum Gasteiger partial charge on any atom is -0.495 e. The van der Waals surface area contributed by atoms with Crippen LogP contribution in [0.15, 0.2) is 18.2 Å². The molecule has 0 atom stereocenters. The van der Waals surface area contributed by atoms with Crippen LogP contribution in [0.2, 0.25) is 5.02 Å². The van der Waals surface area contributed by atoms with E-state index >= 15 is 0 Å². The molecule has 1 aliphatic rings. The third-order valence-electron chi connectivity index (χ3n) is 3.57. The van der Waals surface area contributed by atoms with Gasteiger partial charge in [-0.15, -0.1) is 0 Å². The Hall–Kier alpha value is -0.970. The molecule has 100 valence electrons. The van der Waals surface area contributed by atoms with Crippen molar-refractivity contribution in [1.82, 2.24) is 0 Å². The van der Waals surface area contributed by atoms with Gasteiger partial charge in [0.1, 0.15) is 5.75 Å². The predicted molar refractivity (Wildman–Crippen MR) is 73.5 cm³/mol. The van der Waals surface area contributed by atoms with Crippen molar-refractivity contribution in [2.24, 2.45) is 5.73 Å². The van der Waals surface area contributed by atoms with E-state index in [1.54, 1.807) is 7.11 Å². The summed E-state index contributed by atoms with van der Waals surface area (Å²) in [6.45, 7) is 1.90. The van der Waals surface area contributed by atoms with Crippen molar-refractivity contribution in [3.8, 4) is 5.75 Å². The van der Waals surface area contributed by atoms with Crippen LogP contribution in [0.3, 0.4) is 0 Å². The Bertz CT molecular complexity index is 417. The summed E-state index contributed by atoms with van der Waals surface area (Å²) < 4.78 is 5.13. The zero-order valence-corrected chi connectivity index (χ0v) is 11.3. The molecule has 1 aliphatic heterocycles. The molecule has 1 saturated heterocycles. The minimum atomic E-state index is -0.702. The van der Waals surface area contributed by atoms with Crippen LogP contribution in [-0.2, 0) is 0 Å². The Kier molecular flexibility index (Phi) is 4.00. The fraction of sp³-hybridized carbons (Fsp3) is 0.538. The summed E-state index contributed by atoms with van der Waals surface area (Å²) in [5, 5.41) is 10.7. The van der Waals surface area contributed by atoms with E-state index < -0.39 is 5.60 Å². The topological polar surface area (TPSA) is 58.7 Å². The number of aliphatic hydroxyl groups is 1. The third-order valence-corrected chi connectivity index (χ3v) is 3.87. The number of nitrogens with two attached hydrogens (primary N) is 1. The first kappa shape index (κ1) is 13.5. The summed E-state index contributed by atoms with van der Waals surface area (Å²) in [6, 6.07) is 5.74. The monoisotopic (exact) mass is 270 g/mol. The molecule has 0 aliphatic carbocycles. The van der Waals surface area contributed by atoms with E-state index in [9.17, 15) is 5.11 Å². The van der Waals surface area contributed by atoms with Gasteiger partial charge < -0.3 is 20.5 Å². The lowest BCUT2D eigenvalue weighted by molar-refractivity contribution is 0.0250. The fourth-order valence-electron chi connectivity index (χ4n) is 2.24. The molecular weight excluding hydrogens is 252 g/mol. The number of piperidine rings is 1. The van der Waals surface area contributed by atoms with Gasteiger partial charge in [-0.3, -0.25) is 0 Å². The Morgan fingerprint density at radius 3 is 2.61 bits per heavy atom. The maximum Gasteiger partial charge on any atom is 0.137 e. The van der Waals surface area contributed by atoms with Crippen LogP contribution < -0.4 is 15.4 Å². The SMILES string of the molecule is COc1ccc(N2CCC(O)(CN)CC2)cc1Cl. The van der Waals surface area contributed by atoms with E-state index in [1.807, 2.05) is 18.2 Å². The van der Waals surface area contributed by atoms with Crippen molar-refractivity contribution in [2.45, 2.75) is 18.4 Å². The van der Waals surface area contributed by atoms with Crippen LogP contribution in [0.4, 0.5) is 5.69 Å². The number of anilines is 1. The summed E-state index contributed by atoms with van der Waals surface area (Å²) in [4.78, 5) is 2.20. The molecule has 1 aromatic rings. The van der Waals surface area contributed by atoms with Gasteiger partial charge in [-0.2, -0.15) is 0 Å². The van der Waals surface area contributed by atoms with Crippen molar-refractivity contribution in [3.63, 3.8) is 0 Å². The highest BCUT2D eigenvalue weighted by Gasteiger charge is 2.30. The van der Waals surface area contributed by atoms with E-state index in [1.165, 1.54) is 0 Å². The first-order valence-corrected chi connectivity index (χ1v) is 6.47. The molecule has 1 fully saturated rings. The Morgan fingerprint density at radius 1 is 1.44 bits per heavy atom. The molecule has 1 aromatic carbocycles. The number of benzene rings is 1. The van der Waals surface area contributed by atoms with E-state index in [-0.39, 0.29) is 0 Å². The number of rotatable bonds is 3. The van der Waals surface area contributed by atoms with Gasteiger partial charge in [0, 0.05) is 25.3 Å². The number of ether oxygens (including phenoxy) is 1. The number of hydrogen-bond acceptors (Lipinski definition) is 4. The number of methoxy groups -OCH3 is 1. The molecule has 0 unspecified atom stereocenters. The van der Waals surface area contributed by atoms with Crippen molar-refractivity contribution >= 4 is 17.3 Å². The summed E-state index contributed by atoms with van der Waals surface area (Å²) in [5.41, 5.74) is 5.93. The molecule has 4 nitrogen and oxygen atoms in total. The van der Waals surface area contributed by atoms with Crippen molar-refractivity contribution in [3.05, 3.63) is 23.2 Å². The molecule has 18 heavy (non-hydrogen) atoms. The summed E-state index contributed by atoms with van der Waals surface area (Å²) in [7, 11) is 1.60. The van der Waals surface area contributed by atoms with Gasteiger partial charge in [0.25, 0.3) is 0 Å². The standard InChI is InChI=1S/C13H19ClN2O2/c1-18-12-3-2-10(8-11(12)14)16-6-4-13(17,9-15)5-7-16/h2-3,8,17H,4-7,9,15H2,1H3. The van der Waals surface area contributed by atoms with Crippen molar-refractivity contribution < 1.29 is 9.84 Å². The van der Waals surface area contributed by atoms with Crippen LogP contribution in [0.1, 0.15) is 12.8 Å². The third kappa shape index (κ3) is 2.71. The molecule has 0 bridgehead atoms. The van der Waals surface area contributed by atoms with E-state index in [2.05, 4.69) is 4.90 Å². The molecular formula is C13H19ClN2O2. The lowest BCUT2D eigenvalue weighted by atomic mass is 9.91. The molecule has 0 radical (unpaired) electrons. The van der Waals surface area contributed by atoms with Crippen LogP contribution in [-0.4, -0.2) is 37.5 Å². The minimum absolute atomic E-state index is 0.324. The number of halogens is 1. The summed E-state index contributed by atoms with van der Waals surface area (Å²) >= 11 is 6.11. The molecule has 0 spiro atoms. The normalized spacial score (nSPS) is 18.8. The second kappa shape index (κ2) is 5.34. The average Bonchev–Trinajstić information content (AvgIpc) is 2.39. The average molecular weight is 271 g/mol. The van der Waals surface area contributed by atoms with Gasteiger partial charge in [0.2, 0.25) is 0 Å². The Labute approximate surface area is 112 Å². The molecule has 5 heteroatoms. The highest BCUT2D eigenvalue weighted by Crippen LogP contribution is 2.31. The van der Waals surface area contributed by atoms with Gasteiger partial charge in [0.05, 0.1) is 17.7 Å². The Morgan fingerprint density at radius 2 is 2.11 bits per heavy atom.